The normalized spacial score (nSPS) is 16.3. The lowest BCUT2D eigenvalue weighted by molar-refractivity contribution is -0.121. The second kappa shape index (κ2) is 8.17. The first kappa shape index (κ1) is 19.3. The summed E-state index contributed by atoms with van der Waals surface area (Å²) in [4.78, 5) is 28.4. The van der Waals surface area contributed by atoms with Gasteiger partial charge in [0.15, 0.2) is 0 Å². The standard InChI is InChI=1S/C23H22N2O3S/c1-15-9-10-17(16(2)12-15)24-22(26)14-25-18-6-3-4-8-20(18)29-21(13-23(25)27)19-7-5-11-28-19/h3-12,21H,13-14H2,1-2H3,(H,24,26)/t21-/m0/s1. The molecule has 5 nitrogen and oxygen atoms in total. The largest absolute Gasteiger partial charge is 0.468 e. The van der Waals surface area contributed by atoms with Crippen molar-refractivity contribution in [1.29, 1.82) is 0 Å². The van der Waals surface area contributed by atoms with Crippen molar-refractivity contribution >= 4 is 35.0 Å². The summed E-state index contributed by atoms with van der Waals surface area (Å²) >= 11 is 1.59. The molecule has 0 saturated heterocycles. The summed E-state index contributed by atoms with van der Waals surface area (Å²) in [5.41, 5.74) is 3.65. The highest BCUT2D eigenvalue weighted by Gasteiger charge is 2.31. The van der Waals surface area contributed by atoms with Crippen LogP contribution in [0.4, 0.5) is 11.4 Å². The first-order chi connectivity index (χ1) is 14.0. The molecule has 148 valence electrons. The molecule has 1 aliphatic rings. The van der Waals surface area contributed by atoms with Crippen molar-refractivity contribution in [2.24, 2.45) is 0 Å². The molecule has 1 aromatic heterocycles. The number of carbonyl (C=O) groups is 2. The minimum absolute atomic E-state index is 0.0331. The van der Waals surface area contributed by atoms with Crippen LogP contribution in [0, 0.1) is 13.8 Å². The number of para-hydroxylation sites is 1. The van der Waals surface area contributed by atoms with Gasteiger partial charge in [-0.15, -0.1) is 11.8 Å². The molecule has 1 atom stereocenters. The Bertz CT molecular complexity index is 1050. The van der Waals surface area contributed by atoms with Gasteiger partial charge in [0.2, 0.25) is 11.8 Å². The number of aryl methyl sites for hydroxylation is 2. The molecule has 2 heterocycles. The number of nitrogens with one attached hydrogen (secondary N) is 1. The van der Waals surface area contributed by atoms with Gasteiger partial charge in [0.05, 0.1) is 17.2 Å². The number of fused-ring (bicyclic) bond motifs is 1. The quantitative estimate of drug-likeness (QED) is 0.654. The van der Waals surface area contributed by atoms with Crippen molar-refractivity contribution in [1.82, 2.24) is 0 Å². The van der Waals surface area contributed by atoms with Gasteiger partial charge in [0.25, 0.3) is 0 Å². The van der Waals surface area contributed by atoms with Crippen molar-refractivity contribution in [3.05, 3.63) is 77.7 Å². The highest BCUT2D eigenvalue weighted by atomic mass is 32.2. The van der Waals surface area contributed by atoms with Gasteiger partial charge in [0.1, 0.15) is 12.3 Å². The Morgan fingerprint density at radius 3 is 2.76 bits per heavy atom. The molecule has 0 saturated carbocycles. The lowest BCUT2D eigenvalue weighted by Gasteiger charge is -2.22. The molecule has 0 aliphatic carbocycles. The van der Waals surface area contributed by atoms with Crippen molar-refractivity contribution < 1.29 is 14.0 Å². The fraction of sp³-hybridized carbons (Fsp3) is 0.217. The molecule has 3 aromatic rings. The van der Waals surface area contributed by atoms with Crippen LogP contribution in [-0.2, 0) is 9.59 Å². The summed E-state index contributed by atoms with van der Waals surface area (Å²) in [6.45, 7) is 3.94. The topological polar surface area (TPSA) is 62.6 Å². The number of furan rings is 1. The first-order valence-corrected chi connectivity index (χ1v) is 10.4. The van der Waals surface area contributed by atoms with Crippen molar-refractivity contribution in [3.8, 4) is 0 Å². The van der Waals surface area contributed by atoms with Crippen LogP contribution in [0.25, 0.3) is 0 Å². The summed E-state index contributed by atoms with van der Waals surface area (Å²) in [5.74, 6) is 0.445. The molecule has 0 spiro atoms. The molecule has 0 bridgehead atoms. The summed E-state index contributed by atoms with van der Waals surface area (Å²) < 4.78 is 5.54. The van der Waals surface area contributed by atoms with E-state index in [-0.39, 0.29) is 30.0 Å². The number of thioether (sulfide) groups is 1. The third-order valence-corrected chi connectivity index (χ3v) is 6.19. The molecule has 0 unspecified atom stereocenters. The number of hydrogen-bond acceptors (Lipinski definition) is 4. The van der Waals surface area contributed by atoms with E-state index in [1.165, 1.54) is 0 Å². The monoisotopic (exact) mass is 406 g/mol. The van der Waals surface area contributed by atoms with E-state index >= 15 is 0 Å². The number of rotatable bonds is 4. The molecule has 0 radical (unpaired) electrons. The van der Waals surface area contributed by atoms with Crippen LogP contribution >= 0.6 is 11.8 Å². The zero-order chi connectivity index (χ0) is 20.4. The fourth-order valence-corrected chi connectivity index (χ4v) is 4.71. The Labute approximate surface area is 174 Å². The second-order valence-corrected chi connectivity index (χ2v) is 8.38. The molecule has 4 rings (SSSR count). The summed E-state index contributed by atoms with van der Waals surface area (Å²) in [5, 5.41) is 2.82. The van der Waals surface area contributed by atoms with Crippen LogP contribution in [-0.4, -0.2) is 18.4 Å². The van der Waals surface area contributed by atoms with Gasteiger partial charge in [-0.1, -0.05) is 29.8 Å². The smallest absolute Gasteiger partial charge is 0.244 e. The average Bonchev–Trinajstić information content (AvgIpc) is 3.19. The number of carbonyl (C=O) groups excluding carboxylic acids is 2. The molecule has 1 N–H and O–H groups in total. The van der Waals surface area contributed by atoms with Gasteiger partial charge in [-0.3, -0.25) is 9.59 Å². The van der Waals surface area contributed by atoms with Crippen LogP contribution in [0.15, 0.2) is 70.2 Å². The fourth-order valence-electron chi connectivity index (χ4n) is 3.47. The highest BCUT2D eigenvalue weighted by Crippen LogP contribution is 2.45. The van der Waals surface area contributed by atoms with E-state index < -0.39 is 0 Å². The minimum atomic E-state index is -0.221. The Morgan fingerprint density at radius 2 is 2.00 bits per heavy atom. The van der Waals surface area contributed by atoms with E-state index in [9.17, 15) is 9.59 Å². The maximum absolute atomic E-state index is 13.1. The maximum Gasteiger partial charge on any atom is 0.244 e. The first-order valence-electron chi connectivity index (χ1n) is 9.48. The lowest BCUT2D eigenvalue weighted by Crippen LogP contribution is -2.38. The van der Waals surface area contributed by atoms with Crippen LogP contribution in [0.5, 0.6) is 0 Å². The Kier molecular flexibility index (Phi) is 5.45. The second-order valence-electron chi connectivity index (χ2n) is 7.14. The number of hydrogen-bond donors (Lipinski definition) is 1. The Balaban J connectivity index is 1.58. The highest BCUT2D eigenvalue weighted by molar-refractivity contribution is 7.99. The van der Waals surface area contributed by atoms with Gasteiger partial charge in [-0.2, -0.15) is 0 Å². The van der Waals surface area contributed by atoms with E-state index in [4.69, 9.17) is 4.42 Å². The minimum Gasteiger partial charge on any atom is -0.468 e. The molecule has 6 heteroatoms. The molecule has 2 aromatic carbocycles. The SMILES string of the molecule is Cc1ccc(NC(=O)CN2C(=O)C[C@@H](c3ccco3)Sc3ccccc32)c(C)c1. The lowest BCUT2D eigenvalue weighted by atomic mass is 10.1. The van der Waals surface area contributed by atoms with Gasteiger partial charge in [-0.25, -0.2) is 0 Å². The summed E-state index contributed by atoms with van der Waals surface area (Å²) in [7, 11) is 0. The van der Waals surface area contributed by atoms with Gasteiger partial charge < -0.3 is 14.6 Å². The number of amides is 2. The van der Waals surface area contributed by atoms with Crippen LogP contribution in [0.3, 0.4) is 0 Å². The van der Waals surface area contributed by atoms with E-state index in [1.54, 1.807) is 22.9 Å². The molecular formula is C23H22N2O3S. The van der Waals surface area contributed by atoms with E-state index in [0.717, 1.165) is 33.2 Å². The maximum atomic E-state index is 13.1. The van der Waals surface area contributed by atoms with E-state index in [1.807, 2.05) is 68.4 Å². The predicted molar refractivity (Wildman–Crippen MR) is 115 cm³/mol. The Morgan fingerprint density at radius 1 is 1.17 bits per heavy atom. The third kappa shape index (κ3) is 4.22. The number of benzene rings is 2. The van der Waals surface area contributed by atoms with Gasteiger partial charge >= 0.3 is 0 Å². The van der Waals surface area contributed by atoms with E-state index in [2.05, 4.69) is 5.32 Å². The van der Waals surface area contributed by atoms with Crippen LogP contribution in [0.2, 0.25) is 0 Å². The third-order valence-electron chi connectivity index (χ3n) is 4.90. The van der Waals surface area contributed by atoms with Crippen molar-refractivity contribution in [3.63, 3.8) is 0 Å². The summed E-state index contributed by atoms with van der Waals surface area (Å²) in [6, 6.07) is 17.3. The summed E-state index contributed by atoms with van der Waals surface area (Å²) in [6.07, 6.45) is 1.88. The zero-order valence-electron chi connectivity index (χ0n) is 16.3. The van der Waals surface area contributed by atoms with Crippen LogP contribution in [0.1, 0.15) is 28.6 Å². The molecule has 1 aliphatic heterocycles. The molecular weight excluding hydrogens is 384 g/mol. The molecule has 29 heavy (non-hydrogen) atoms. The Hall–Kier alpha value is -2.99. The van der Waals surface area contributed by atoms with E-state index in [0.29, 0.717) is 0 Å². The molecule has 0 fully saturated rings. The number of nitrogens with zero attached hydrogens (tertiary/aromatic N) is 1. The van der Waals surface area contributed by atoms with Crippen LogP contribution < -0.4 is 10.2 Å². The van der Waals surface area contributed by atoms with Crippen molar-refractivity contribution in [2.45, 2.75) is 30.4 Å². The number of anilines is 2. The van der Waals surface area contributed by atoms with Crippen molar-refractivity contribution in [2.75, 3.05) is 16.8 Å². The zero-order valence-corrected chi connectivity index (χ0v) is 17.2. The van der Waals surface area contributed by atoms with Gasteiger partial charge in [0, 0.05) is 17.0 Å². The predicted octanol–water partition coefficient (Wildman–Crippen LogP) is 5.11. The molecule has 2 amide bonds. The van der Waals surface area contributed by atoms with Gasteiger partial charge in [-0.05, 0) is 49.7 Å². The average molecular weight is 407 g/mol.